The second-order valence-electron chi connectivity index (χ2n) is 1.71. The van der Waals surface area contributed by atoms with Gasteiger partial charge in [0.1, 0.15) is 0 Å². The predicted molar refractivity (Wildman–Crippen MR) is 39.7 cm³/mol. The lowest BCUT2D eigenvalue weighted by Crippen LogP contribution is -1.78. The highest BCUT2D eigenvalue weighted by Crippen LogP contribution is 2.06. The topological polar surface area (TPSA) is 32.6 Å². The zero-order valence-corrected chi connectivity index (χ0v) is 5.84. The van der Waals surface area contributed by atoms with Crippen molar-refractivity contribution >= 4 is 17.8 Å². The second kappa shape index (κ2) is 3.22. The van der Waals surface area contributed by atoms with Gasteiger partial charge in [0.2, 0.25) is 0 Å². The molecule has 0 heterocycles. The predicted octanol–water partition coefficient (Wildman–Crippen LogP) is 1.95. The zero-order valence-electron chi connectivity index (χ0n) is 5.08. The number of hydrogen-bond donors (Lipinski definition) is 1. The van der Waals surface area contributed by atoms with Crippen LogP contribution in [0.1, 0.15) is 5.56 Å². The van der Waals surface area contributed by atoms with Crippen LogP contribution in [0.2, 0.25) is 5.02 Å². The monoisotopic (exact) mass is 154 g/mol. The first-order valence-corrected chi connectivity index (χ1v) is 3.05. The van der Waals surface area contributed by atoms with E-state index in [2.05, 4.69) is 11.2 Å². The summed E-state index contributed by atoms with van der Waals surface area (Å²) in [5.74, 6) is 0. The smallest absolute Gasteiger partial charge is 0.0740 e. The minimum atomic E-state index is 0.620. The van der Waals surface area contributed by atoms with Crippen molar-refractivity contribution in [3.8, 4) is 0 Å². The lowest BCUT2D eigenvalue weighted by atomic mass is 10.2. The highest BCUT2D eigenvalue weighted by molar-refractivity contribution is 6.30. The Morgan fingerprint density at radius 3 is 2.90 bits per heavy atom. The standard InChI is InChI=1S/C7H5ClNO/c8-7-3-1-6(2-4-7)5-9-10/h1,3-5,10H/b9-5-. The Bertz CT molecular complexity index is 230. The first-order chi connectivity index (χ1) is 4.83. The van der Waals surface area contributed by atoms with E-state index in [9.17, 15) is 0 Å². The normalized spacial score (nSPS) is 10.5. The number of halogens is 1. The van der Waals surface area contributed by atoms with Gasteiger partial charge in [-0.05, 0) is 18.2 Å². The third-order valence-corrected chi connectivity index (χ3v) is 1.23. The first kappa shape index (κ1) is 7.09. The molecule has 0 unspecified atom stereocenters. The fourth-order valence-corrected chi connectivity index (χ4v) is 0.678. The average molecular weight is 155 g/mol. The molecule has 0 aromatic heterocycles. The lowest BCUT2D eigenvalue weighted by molar-refractivity contribution is 0.322. The van der Waals surface area contributed by atoms with Gasteiger partial charge in [-0.15, -0.1) is 0 Å². The number of oxime groups is 1. The molecule has 2 nitrogen and oxygen atoms in total. The molecule has 0 amide bonds. The molecule has 0 aliphatic heterocycles. The van der Waals surface area contributed by atoms with Crippen LogP contribution in [-0.4, -0.2) is 11.4 Å². The summed E-state index contributed by atoms with van der Waals surface area (Å²) in [4.78, 5) is 0. The maximum Gasteiger partial charge on any atom is 0.0740 e. The molecule has 0 aliphatic carbocycles. The molecule has 0 aliphatic rings. The molecule has 0 fully saturated rings. The van der Waals surface area contributed by atoms with Crippen molar-refractivity contribution in [3.05, 3.63) is 34.9 Å². The summed E-state index contributed by atoms with van der Waals surface area (Å²) >= 11 is 5.57. The molecule has 0 atom stereocenters. The van der Waals surface area contributed by atoms with Crippen LogP contribution in [-0.2, 0) is 0 Å². The average Bonchev–Trinajstić information content (AvgIpc) is 1.95. The maximum absolute atomic E-state index is 8.11. The molecule has 0 saturated carbocycles. The van der Waals surface area contributed by atoms with Crippen LogP contribution in [0.3, 0.4) is 0 Å². The Hall–Kier alpha value is -1.02. The molecule has 0 bridgehead atoms. The third kappa shape index (κ3) is 1.74. The Morgan fingerprint density at radius 1 is 1.60 bits per heavy atom. The Kier molecular flexibility index (Phi) is 2.29. The fourth-order valence-electron chi connectivity index (χ4n) is 0.560. The van der Waals surface area contributed by atoms with Crippen molar-refractivity contribution in [2.75, 3.05) is 0 Å². The van der Waals surface area contributed by atoms with Gasteiger partial charge in [-0.3, -0.25) is 0 Å². The molecule has 10 heavy (non-hydrogen) atoms. The van der Waals surface area contributed by atoms with Crippen LogP contribution in [0.5, 0.6) is 0 Å². The van der Waals surface area contributed by atoms with Crippen LogP contribution in [0.4, 0.5) is 0 Å². The van der Waals surface area contributed by atoms with E-state index in [4.69, 9.17) is 16.8 Å². The number of nitrogens with zero attached hydrogens (tertiary/aromatic N) is 1. The molecule has 1 N–H and O–H groups in total. The summed E-state index contributed by atoms with van der Waals surface area (Å²) < 4.78 is 0. The summed E-state index contributed by atoms with van der Waals surface area (Å²) in [5.41, 5.74) is 0.701. The summed E-state index contributed by atoms with van der Waals surface area (Å²) in [7, 11) is 0. The fraction of sp³-hybridized carbons (Fsp3) is 0. The van der Waals surface area contributed by atoms with E-state index in [1.54, 1.807) is 18.2 Å². The van der Waals surface area contributed by atoms with Crippen LogP contribution in [0.25, 0.3) is 0 Å². The van der Waals surface area contributed by atoms with Crippen molar-refractivity contribution in [1.82, 2.24) is 0 Å². The molecule has 0 saturated heterocycles. The lowest BCUT2D eigenvalue weighted by Gasteiger charge is -1.88. The number of rotatable bonds is 1. The molecule has 0 spiro atoms. The summed E-state index contributed by atoms with van der Waals surface area (Å²) in [6, 6.07) is 7.82. The third-order valence-electron chi connectivity index (χ3n) is 0.996. The molecule has 51 valence electrons. The molecule has 1 aromatic carbocycles. The van der Waals surface area contributed by atoms with Gasteiger partial charge in [-0.1, -0.05) is 22.8 Å². The maximum atomic E-state index is 8.11. The molecule has 1 aromatic rings. The Balaban J connectivity index is 2.89. The zero-order chi connectivity index (χ0) is 7.40. The van der Waals surface area contributed by atoms with Crippen LogP contribution in [0.15, 0.2) is 23.4 Å². The van der Waals surface area contributed by atoms with Crippen molar-refractivity contribution in [3.63, 3.8) is 0 Å². The van der Waals surface area contributed by atoms with Crippen LogP contribution in [0, 0.1) is 6.07 Å². The van der Waals surface area contributed by atoms with Crippen molar-refractivity contribution in [2.24, 2.45) is 5.16 Å². The Morgan fingerprint density at radius 2 is 2.40 bits per heavy atom. The summed E-state index contributed by atoms with van der Waals surface area (Å²) in [6.07, 6.45) is 1.29. The minimum absolute atomic E-state index is 0.620. The minimum Gasteiger partial charge on any atom is -0.411 e. The van der Waals surface area contributed by atoms with E-state index in [1.807, 2.05) is 0 Å². The van der Waals surface area contributed by atoms with Crippen molar-refractivity contribution in [2.45, 2.75) is 0 Å². The van der Waals surface area contributed by atoms with Gasteiger partial charge in [-0.25, -0.2) is 0 Å². The van der Waals surface area contributed by atoms with Gasteiger partial charge < -0.3 is 5.21 Å². The molecular formula is C7H5ClNO. The van der Waals surface area contributed by atoms with E-state index >= 15 is 0 Å². The highest BCUT2D eigenvalue weighted by Gasteiger charge is 1.87. The summed E-state index contributed by atoms with van der Waals surface area (Å²) in [5, 5.41) is 11.6. The second-order valence-corrected chi connectivity index (χ2v) is 2.14. The van der Waals surface area contributed by atoms with Gasteiger partial charge in [0, 0.05) is 10.6 Å². The Labute approximate surface area is 63.7 Å². The van der Waals surface area contributed by atoms with Crippen molar-refractivity contribution in [1.29, 1.82) is 0 Å². The van der Waals surface area contributed by atoms with E-state index in [0.717, 1.165) is 0 Å². The van der Waals surface area contributed by atoms with Gasteiger partial charge in [-0.2, -0.15) is 0 Å². The van der Waals surface area contributed by atoms with E-state index in [0.29, 0.717) is 10.6 Å². The van der Waals surface area contributed by atoms with E-state index < -0.39 is 0 Å². The van der Waals surface area contributed by atoms with E-state index in [-0.39, 0.29) is 0 Å². The van der Waals surface area contributed by atoms with Crippen LogP contribution < -0.4 is 0 Å². The van der Waals surface area contributed by atoms with Gasteiger partial charge in [0.05, 0.1) is 6.21 Å². The molecule has 1 rings (SSSR count). The number of hydrogen-bond acceptors (Lipinski definition) is 2. The van der Waals surface area contributed by atoms with Crippen molar-refractivity contribution < 1.29 is 5.21 Å². The van der Waals surface area contributed by atoms with Gasteiger partial charge >= 0.3 is 0 Å². The van der Waals surface area contributed by atoms with Gasteiger partial charge in [0.15, 0.2) is 0 Å². The largest absolute Gasteiger partial charge is 0.411 e. The highest BCUT2D eigenvalue weighted by atomic mass is 35.5. The summed E-state index contributed by atoms with van der Waals surface area (Å²) in [6.45, 7) is 0. The number of benzene rings is 1. The van der Waals surface area contributed by atoms with E-state index in [1.165, 1.54) is 6.21 Å². The molecule has 3 heteroatoms. The SMILES string of the molecule is O/N=C\c1[c]cc(Cl)cc1. The molecular weight excluding hydrogens is 150 g/mol. The quantitative estimate of drug-likeness (QED) is 0.374. The van der Waals surface area contributed by atoms with Crippen LogP contribution >= 0.6 is 11.6 Å². The first-order valence-electron chi connectivity index (χ1n) is 2.67. The van der Waals surface area contributed by atoms with Gasteiger partial charge in [0.25, 0.3) is 0 Å². The molecule has 1 radical (unpaired) electrons.